The van der Waals surface area contributed by atoms with Crippen LogP contribution in [0.15, 0.2) is 23.1 Å². The van der Waals surface area contributed by atoms with Crippen molar-refractivity contribution in [2.75, 3.05) is 32.7 Å². The minimum atomic E-state index is -3.59. The highest BCUT2D eigenvalue weighted by Gasteiger charge is 2.28. The van der Waals surface area contributed by atoms with Crippen molar-refractivity contribution in [3.63, 3.8) is 0 Å². The maximum absolute atomic E-state index is 12.5. The number of rotatable bonds is 3. The average molecular weight is 334 g/mol. The van der Waals surface area contributed by atoms with Crippen molar-refractivity contribution < 1.29 is 8.42 Å². The lowest BCUT2D eigenvalue weighted by molar-refractivity contribution is 0.206. The Hall–Kier alpha value is -0.840. The fourth-order valence-electron chi connectivity index (χ4n) is 2.05. The van der Waals surface area contributed by atoms with E-state index in [2.05, 4.69) is 6.07 Å². The van der Waals surface area contributed by atoms with Gasteiger partial charge in [-0.05, 0) is 18.2 Å². The molecule has 0 saturated carbocycles. The third-order valence-corrected chi connectivity index (χ3v) is 5.41. The van der Waals surface area contributed by atoms with E-state index >= 15 is 0 Å². The Labute approximate surface area is 128 Å². The maximum Gasteiger partial charge on any atom is 0.243 e. The first-order valence-electron chi connectivity index (χ1n) is 5.99. The van der Waals surface area contributed by atoms with Crippen LogP contribution in [0.5, 0.6) is 0 Å². The lowest BCUT2D eigenvalue weighted by Gasteiger charge is -2.32. The van der Waals surface area contributed by atoms with E-state index in [9.17, 15) is 8.42 Å². The number of nitrogens with zero attached hydrogens (tertiary/aromatic N) is 3. The molecule has 0 bridgehead atoms. The number of sulfonamides is 1. The molecule has 0 atom stereocenters. The van der Waals surface area contributed by atoms with E-state index in [4.69, 9.17) is 28.5 Å². The molecule has 1 heterocycles. The van der Waals surface area contributed by atoms with Gasteiger partial charge in [0.05, 0.1) is 17.5 Å². The zero-order chi connectivity index (χ0) is 14.8. The number of piperazine rings is 1. The molecular weight excluding hydrogens is 321 g/mol. The lowest BCUT2D eigenvalue weighted by atomic mass is 10.4. The first-order valence-corrected chi connectivity index (χ1v) is 8.18. The molecule has 1 aromatic carbocycles. The van der Waals surface area contributed by atoms with Gasteiger partial charge in [-0.2, -0.15) is 9.57 Å². The molecule has 0 radical (unpaired) electrons. The Morgan fingerprint density at radius 1 is 1.10 bits per heavy atom. The van der Waals surface area contributed by atoms with Crippen molar-refractivity contribution >= 4 is 33.2 Å². The molecule has 0 aliphatic carbocycles. The highest BCUT2D eigenvalue weighted by atomic mass is 35.5. The summed E-state index contributed by atoms with van der Waals surface area (Å²) in [4.78, 5) is 2.01. The van der Waals surface area contributed by atoms with Gasteiger partial charge >= 0.3 is 0 Å². The molecule has 0 unspecified atom stereocenters. The summed E-state index contributed by atoms with van der Waals surface area (Å²) in [6.45, 7) is 2.11. The number of hydrogen-bond donors (Lipinski definition) is 0. The van der Waals surface area contributed by atoms with Crippen LogP contribution in [-0.2, 0) is 10.0 Å². The fraction of sp³-hybridized carbons (Fsp3) is 0.417. The monoisotopic (exact) mass is 333 g/mol. The molecule has 1 aromatic rings. The summed E-state index contributed by atoms with van der Waals surface area (Å²) in [5.74, 6) is 0. The van der Waals surface area contributed by atoms with Gasteiger partial charge in [-0.15, -0.1) is 0 Å². The Morgan fingerprint density at radius 3 is 2.15 bits per heavy atom. The highest BCUT2D eigenvalue weighted by Crippen LogP contribution is 2.25. The van der Waals surface area contributed by atoms with Gasteiger partial charge in [0.15, 0.2) is 0 Å². The molecule has 1 aliphatic heterocycles. The predicted molar refractivity (Wildman–Crippen MR) is 77.3 cm³/mol. The minimum absolute atomic E-state index is 0.101. The van der Waals surface area contributed by atoms with Gasteiger partial charge in [0.1, 0.15) is 0 Å². The molecular formula is C12H13Cl2N3O2S. The normalized spacial score (nSPS) is 17.9. The molecule has 1 aliphatic rings. The van der Waals surface area contributed by atoms with Crippen molar-refractivity contribution in [1.29, 1.82) is 5.26 Å². The SMILES string of the molecule is N#CCN1CCN(S(=O)(=O)c2cc(Cl)cc(Cl)c2)CC1. The lowest BCUT2D eigenvalue weighted by Crippen LogP contribution is -2.48. The first-order chi connectivity index (χ1) is 9.43. The largest absolute Gasteiger partial charge is 0.288 e. The maximum atomic E-state index is 12.5. The fourth-order valence-corrected chi connectivity index (χ4v) is 4.20. The molecule has 8 heteroatoms. The molecule has 0 N–H and O–H groups in total. The van der Waals surface area contributed by atoms with E-state index in [1.807, 2.05) is 4.90 Å². The summed E-state index contributed by atoms with van der Waals surface area (Å²) in [6.07, 6.45) is 0. The standard InChI is InChI=1S/C12H13Cl2N3O2S/c13-10-7-11(14)9-12(8-10)20(18,19)17-5-3-16(2-1-15)4-6-17/h7-9H,2-6H2. The minimum Gasteiger partial charge on any atom is -0.288 e. The summed E-state index contributed by atoms with van der Waals surface area (Å²) in [5.41, 5.74) is 0. The van der Waals surface area contributed by atoms with Gasteiger partial charge in [-0.3, -0.25) is 4.90 Å². The third kappa shape index (κ3) is 3.43. The van der Waals surface area contributed by atoms with Crippen LogP contribution in [0.1, 0.15) is 0 Å². The van der Waals surface area contributed by atoms with Crippen molar-refractivity contribution in [1.82, 2.24) is 9.21 Å². The Kier molecular flexibility index (Phi) is 4.89. The summed E-state index contributed by atoms with van der Waals surface area (Å²) in [5, 5.41) is 9.21. The van der Waals surface area contributed by atoms with Gasteiger partial charge in [0.2, 0.25) is 10.0 Å². The van der Waals surface area contributed by atoms with Crippen LogP contribution in [0.4, 0.5) is 0 Å². The summed E-state index contributed by atoms with van der Waals surface area (Å²) < 4.78 is 26.4. The number of benzene rings is 1. The quantitative estimate of drug-likeness (QED) is 0.791. The summed E-state index contributed by atoms with van der Waals surface area (Å²) >= 11 is 11.7. The van der Waals surface area contributed by atoms with E-state index in [0.717, 1.165) is 0 Å². The first kappa shape index (κ1) is 15.5. The van der Waals surface area contributed by atoms with Crippen molar-refractivity contribution in [2.24, 2.45) is 0 Å². The van der Waals surface area contributed by atoms with Crippen molar-refractivity contribution in [3.8, 4) is 6.07 Å². The number of hydrogen-bond acceptors (Lipinski definition) is 4. The molecule has 5 nitrogen and oxygen atoms in total. The van der Waals surface area contributed by atoms with Crippen LogP contribution in [0, 0.1) is 11.3 Å². The van der Waals surface area contributed by atoms with E-state index < -0.39 is 10.0 Å². The van der Waals surface area contributed by atoms with Gasteiger partial charge in [0.25, 0.3) is 0 Å². The van der Waals surface area contributed by atoms with Crippen LogP contribution in [0.25, 0.3) is 0 Å². The summed E-state index contributed by atoms with van der Waals surface area (Å²) in [6, 6.07) is 6.34. The highest BCUT2D eigenvalue weighted by molar-refractivity contribution is 7.89. The van der Waals surface area contributed by atoms with Gasteiger partial charge < -0.3 is 0 Å². The van der Waals surface area contributed by atoms with Crippen LogP contribution >= 0.6 is 23.2 Å². The van der Waals surface area contributed by atoms with Crippen LogP contribution in [-0.4, -0.2) is 50.3 Å². The zero-order valence-electron chi connectivity index (χ0n) is 10.6. The number of nitriles is 1. The van der Waals surface area contributed by atoms with Crippen LogP contribution < -0.4 is 0 Å². The molecule has 108 valence electrons. The van der Waals surface area contributed by atoms with Gasteiger partial charge in [0, 0.05) is 36.2 Å². The second-order valence-electron chi connectivity index (χ2n) is 4.44. The predicted octanol–water partition coefficient (Wildman–Crippen LogP) is 1.82. The van der Waals surface area contributed by atoms with Crippen LogP contribution in [0.2, 0.25) is 10.0 Å². The molecule has 20 heavy (non-hydrogen) atoms. The Morgan fingerprint density at radius 2 is 1.65 bits per heavy atom. The Bertz CT molecular complexity index is 614. The van der Waals surface area contributed by atoms with E-state index in [1.165, 1.54) is 22.5 Å². The van der Waals surface area contributed by atoms with Crippen molar-refractivity contribution in [3.05, 3.63) is 28.2 Å². The molecule has 0 aromatic heterocycles. The molecule has 0 amide bonds. The van der Waals surface area contributed by atoms with Gasteiger partial charge in [-0.1, -0.05) is 23.2 Å². The topological polar surface area (TPSA) is 64.4 Å². The van der Waals surface area contributed by atoms with Gasteiger partial charge in [-0.25, -0.2) is 8.42 Å². The smallest absolute Gasteiger partial charge is 0.243 e. The summed E-state index contributed by atoms with van der Waals surface area (Å²) in [7, 11) is -3.59. The third-order valence-electron chi connectivity index (χ3n) is 3.10. The average Bonchev–Trinajstić information content (AvgIpc) is 2.38. The van der Waals surface area contributed by atoms with E-state index in [1.54, 1.807) is 0 Å². The van der Waals surface area contributed by atoms with Crippen LogP contribution in [0.3, 0.4) is 0 Å². The Balaban J connectivity index is 2.18. The second-order valence-corrected chi connectivity index (χ2v) is 7.25. The van der Waals surface area contributed by atoms with E-state index in [0.29, 0.717) is 42.8 Å². The molecule has 0 spiro atoms. The van der Waals surface area contributed by atoms with Crippen molar-refractivity contribution in [2.45, 2.75) is 4.90 Å². The van der Waals surface area contributed by atoms with E-state index in [-0.39, 0.29) is 4.90 Å². The second kappa shape index (κ2) is 6.29. The molecule has 2 rings (SSSR count). The molecule has 1 fully saturated rings. The molecule has 1 saturated heterocycles. The zero-order valence-corrected chi connectivity index (χ0v) is 12.9. The number of halogens is 2.